The van der Waals surface area contributed by atoms with Crippen molar-refractivity contribution >= 4 is 23.6 Å². The van der Waals surface area contributed by atoms with Gasteiger partial charge in [-0.25, -0.2) is 0 Å². The molecule has 0 radical (unpaired) electrons. The van der Waals surface area contributed by atoms with Crippen molar-refractivity contribution in [2.24, 2.45) is 0 Å². The molecule has 0 atom stereocenters. The van der Waals surface area contributed by atoms with Gasteiger partial charge in [-0.05, 0) is 42.0 Å². The molecule has 1 aliphatic rings. The fourth-order valence-corrected chi connectivity index (χ4v) is 2.68. The summed E-state index contributed by atoms with van der Waals surface area (Å²) in [5.74, 6) is 0.713. The molecule has 6 nitrogen and oxygen atoms in total. The average molecular weight is 360 g/mol. The highest BCUT2D eigenvalue weighted by Gasteiger charge is 2.23. The number of anilines is 1. The Morgan fingerprint density at radius 2 is 1.93 bits per heavy atom. The van der Waals surface area contributed by atoms with Crippen molar-refractivity contribution in [1.29, 1.82) is 0 Å². The number of carbonyl (C=O) groups excluding carboxylic acids is 2. The predicted molar refractivity (Wildman–Crippen MR) is 100.0 cm³/mol. The third-order valence-corrected chi connectivity index (χ3v) is 4.03. The van der Waals surface area contributed by atoms with Crippen molar-refractivity contribution in [3.63, 3.8) is 0 Å². The van der Waals surface area contributed by atoms with Gasteiger partial charge in [0.15, 0.2) is 11.5 Å². The summed E-state index contributed by atoms with van der Waals surface area (Å²) in [6, 6.07) is 17.9. The van der Waals surface area contributed by atoms with Gasteiger partial charge in [0.25, 0.3) is 11.8 Å². The molecule has 0 spiro atoms. The highest BCUT2D eigenvalue weighted by molar-refractivity contribution is 6.09. The van der Waals surface area contributed by atoms with Gasteiger partial charge in [-0.15, -0.1) is 0 Å². The summed E-state index contributed by atoms with van der Waals surface area (Å²) < 4.78 is 10.9. The molecular formula is C21H16N2O4. The van der Waals surface area contributed by atoms with Crippen molar-refractivity contribution in [3.05, 3.63) is 89.6 Å². The van der Waals surface area contributed by atoms with E-state index in [1.54, 1.807) is 42.7 Å². The SMILES string of the molecule is O=C1Nc2cc(C(=O)NCc3ccco3)ccc2OC1=Cc1ccccc1. The number of fused-ring (bicyclic) bond motifs is 1. The molecule has 27 heavy (non-hydrogen) atoms. The van der Waals surface area contributed by atoms with Gasteiger partial charge in [0, 0.05) is 5.56 Å². The van der Waals surface area contributed by atoms with E-state index in [4.69, 9.17) is 9.15 Å². The van der Waals surface area contributed by atoms with Gasteiger partial charge in [-0.3, -0.25) is 9.59 Å². The van der Waals surface area contributed by atoms with E-state index >= 15 is 0 Å². The number of carbonyl (C=O) groups is 2. The summed E-state index contributed by atoms with van der Waals surface area (Å²) in [7, 11) is 0. The smallest absolute Gasteiger partial charge is 0.291 e. The summed E-state index contributed by atoms with van der Waals surface area (Å²) in [4.78, 5) is 24.6. The Morgan fingerprint density at radius 3 is 2.70 bits per heavy atom. The van der Waals surface area contributed by atoms with E-state index < -0.39 is 0 Å². The number of ether oxygens (including phenoxy) is 1. The van der Waals surface area contributed by atoms with E-state index in [-0.39, 0.29) is 24.1 Å². The Morgan fingerprint density at radius 1 is 1.07 bits per heavy atom. The summed E-state index contributed by atoms with van der Waals surface area (Å²) in [6.45, 7) is 0.287. The van der Waals surface area contributed by atoms with E-state index in [2.05, 4.69) is 10.6 Å². The molecule has 0 aliphatic carbocycles. The minimum absolute atomic E-state index is 0.198. The van der Waals surface area contributed by atoms with E-state index in [0.29, 0.717) is 22.8 Å². The number of rotatable bonds is 4. The van der Waals surface area contributed by atoms with E-state index in [9.17, 15) is 9.59 Å². The molecule has 0 fully saturated rings. The van der Waals surface area contributed by atoms with Crippen molar-refractivity contribution in [2.75, 3.05) is 5.32 Å². The normalized spacial score (nSPS) is 14.2. The fourth-order valence-electron chi connectivity index (χ4n) is 2.68. The molecule has 1 aromatic heterocycles. The average Bonchev–Trinajstić information content (AvgIpc) is 3.21. The number of furan rings is 1. The molecule has 0 saturated carbocycles. The standard InChI is InChI=1S/C21H16N2O4/c24-20(22-13-16-7-4-10-26-16)15-8-9-18-17(12-15)23-21(25)19(27-18)11-14-5-2-1-3-6-14/h1-12H,13H2,(H,22,24)(H,23,25). The maximum Gasteiger partial charge on any atom is 0.291 e. The number of benzene rings is 2. The van der Waals surface area contributed by atoms with Crippen LogP contribution in [0.2, 0.25) is 0 Å². The zero-order valence-corrected chi connectivity index (χ0v) is 14.3. The number of hydrogen-bond acceptors (Lipinski definition) is 4. The quantitative estimate of drug-likeness (QED) is 0.697. The Hall–Kier alpha value is -3.80. The van der Waals surface area contributed by atoms with Gasteiger partial charge in [0.05, 0.1) is 18.5 Å². The number of amides is 2. The molecule has 4 rings (SSSR count). The molecule has 2 heterocycles. The third-order valence-electron chi connectivity index (χ3n) is 4.03. The highest BCUT2D eigenvalue weighted by Crippen LogP contribution is 2.32. The van der Waals surface area contributed by atoms with Gasteiger partial charge in [0.1, 0.15) is 5.76 Å². The summed E-state index contributed by atoms with van der Waals surface area (Å²) in [5.41, 5.74) is 1.73. The Kier molecular flexibility index (Phi) is 4.45. The first-order valence-electron chi connectivity index (χ1n) is 8.39. The first-order valence-corrected chi connectivity index (χ1v) is 8.39. The Labute approximate surface area is 155 Å². The van der Waals surface area contributed by atoms with Crippen LogP contribution in [0, 0.1) is 0 Å². The number of nitrogens with one attached hydrogen (secondary N) is 2. The molecule has 1 aliphatic heterocycles. The van der Waals surface area contributed by atoms with Crippen LogP contribution in [-0.2, 0) is 11.3 Å². The van der Waals surface area contributed by atoms with Gasteiger partial charge in [0.2, 0.25) is 0 Å². The first-order chi connectivity index (χ1) is 13.2. The summed E-state index contributed by atoms with van der Waals surface area (Å²) >= 11 is 0. The maximum absolute atomic E-state index is 12.3. The minimum atomic E-state index is -0.362. The Balaban J connectivity index is 1.50. The number of hydrogen-bond donors (Lipinski definition) is 2. The Bertz CT molecular complexity index is 1010. The van der Waals surface area contributed by atoms with Gasteiger partial charge in [-0.2, -0.15) is 0 Å². The van der Waals surface area contributed by atoms with Gasteiger partial charge < -0.3 is 19.8 Å². The van der Waals surface area contributed by atoms with Crippen molar-refractivity contribution in [3.8, 4) is 5.75 Å². The second-order valence-electron chi connectivity index (χ2n) is 5.95. The highest BCUT2D eigenvalue weighted by atomic mass is 16.5. The molecule has 2 amide bonds. The summed E-state index contributed by atoms with van der Waals surface area (Å²) in [5, 5.41) is 5.53. The predicted octanol–water partition coefficient (Wildman–Crippen LogP) is 3.58. The lowest BCUT2D eigenvalue weighted by atomic mass is 10.1. The van der Waals surface area contributed by atoms with Crippen LogP contribution in [0.3, 0.4) is 0 Å². The van der Waals surface area contributed by atoms with Crippen LogP contribution in [0.1, 0.15) is 21.7 Å². The van der Waals surface area contributed by atoms with Crippen LogP contribution in [0.25, 0.3) is 6.08 Å². The van der Waals surface area contributed by atoms with Crippen LogP contribution in [-0.4, -0.2) is 11.8 Å². The largest absolute Gasteiger partial charge is 0.467 e. The van der Waals surface area contributed by atoms with Gasteiger partial charge in [-0.1, -0.05) is 30.3 Å². The molecule has 0 saturated heterocycles. The van der Waals surface area contributed by atoms with Crippen LogP contribution in [0.15, 0.2) is 77.1 Å². The van der Waals surface area contributed by atoms with E-state index in [1.165, 1.54) is 0 Å². The fraction of sp³-hybridized carbons (Fsp3) is 0.0476. The molecule has 2 aromatic carbocycles. The first kappa shape index (κ1) is 16.7. The zero-order chi connectivity index (χ0) is 18.6. The van der Waals surface area contributed by atoms with Crippen molar-refractivity contribution in [2.45, 2.75) is 6.54 Å². The van der Waals surface area contributed by atoms with Crippen LogP contribution in [0.5, 0.6) is 5.75 Å². The molecule has 0 unspecified atom stereocenters. The molecule has 0 bridgehead atoms. The van der Waals surface area contributed by atoms with Crippen molar-refractivity contribution < 1.29 is 18.7 Å². The molecular weight excluding hydrogens is 344 g/mol. The molecule has 3 aromatic rings. The minimum Gasteiger partial charge on any atom is -0.467 e. The molecule has 6 heteroatoms. The van der Waals surface area contributed by atoms with E-state index in [0.717, 1.165) is 5.56 Å². The zero-order valence-electron chi connectivity index (χ0n) is 14.3. The van der Waals surface area contributed by atoms with Crippen LogP contribution >= 0.6 is 0 Å². The van der Waals surface area contributed by atoms with Gasteiger partial charge >= 0.3 is 0 Å². The second kappa shape index (κ2) is 7.21. The second-order valence-corrected chi connectivity index (χ2v) is 5.95. The lowest BCUT2D eigenvalue weighted by molar-refractivity contribution is -0.115. The molecule has 134 valence electrons. The lowest BCUT2D eigenvalue weighted by Crippen LogP contribution is -2.25. The summed E-state index contributed by atoms with van der Waals surface area (Å²) in [6.07, 6.45) is 3.22. The van der Waals surface area contributed by atoms with Crippen molar-refractivity contribution in [1.82, 2.24) is 5.32 Å². The topological polar surface area (TPSA) is 80.6 Å². The maximum atomic E-state index is 12.3. The lowest BCUT2D eigenvalue weighted by Gasteiger charge is -2.20. The van der Waals surface area contributed by atoms with E-state index in [1.807, 2.05) is 30.3 Å². The molecule has 2 N–H and O–H groups in total. The monoisotopic (exact) mass is 360 g/mol. The van der Waals surface area contributed by atoms with Crippen LogP contribution in [0.4, 0.5) is 5.69 Å². The van der Waals surface area contributed by atoms with Crippen LogP contribution < -0.4 is 15.4 Å². The third kappa shape index (κ3) is 3.74.